The van der Waals surface area contributed by atoms with Crippen LogP contribution in [0.25, 0.3) is 0 Å². The van der Waals surface area contributed by atoms with E-state index in [1.54, 1.807) is 0 Å². The first kappa shape index (κ1) is 26.8. The van der Waals surface area contributed by atoms with Gasteiger partial charge in [0.05, 0.1) is 6.16 Å². The summed E-state index contributed by atoms with van der Waals surface area (Å²) in [5.74, 6) is 0. The van der Waals surface area contributed by atoms with Crippen molar-refractivity contribution in [1.82, 2.24) is 0 Å². The number of hydrogen-bond acceptors (Lipinski definition) is 2. The van der Waals surface area contributed by atoms with Crippen LogP contribution in [0, 0.1) is 0 Å². The van der Waals surface area contributed by atoms with Gasteiger partial charge < -0.3 is 17.0 Å². The monoisotopic (exact) mass is 574 g/mol. The normalized spacial score (nSPS) is 10.4. The molecule has 0 heterocycles. The van der Waals surface area contributed by atoms with E-state index in [2.05, 4.69) is 97.9 Å². The Hall–Kier alpha value is -1.21. The summed E-state index contributed by atoms with van der Waals surface area (Å²) in [7, 11) is -1.60. The molecule has 0 radical (unpaired) electrons. The first-order chi connectivity index (χ1) is 14.3. The Labute approximate surface area is 199 Å². The molecule has 3 aromatic carbocycles. The summed E-state index contributed by atoms with van der Waals surface area (Å²) < 4.78 is 16.9. The molecule has 0 bridgehead atoms. The van der Waals surface area contributed by atoms with Crippen LogP contribution in [0.15, 0.2) is 91.0 Å². The third-order valence-electron chi connectivity index (χ3n) is 5.19. The topological polar surface area (TPSA) is 34.1 Å². The summed E-state index contributed by atoms with van der Waals surface area (Å²) in [6.07, 6.45) is 7.90. The third-order valence-corrected chi connectivity index (χ3v) is 9.71. The van der Waals surface area contributed by atoms with Gasteiger partial charge in [0.1, 0.15) is 23.2 Å². The maximum atomic E-state index is 8.46. The molecule has 0 atom stereocenters. The molecule has 0 aliphatic rings. The van der Waals surface area contributed by atoms with Gasteiger partial charge in [0.15, 0.2) is 0 Å². The van der Waals surface area contributed by atoms with Gasteiger partial charge in [0, 0.05) is 0 Å². The standard InChI is InChI=1S/C25H30P.BrH.2O.Ru/c1-2-3-4-5-15-22-26(23-16-9-6-10-17-23,24-18-11-7-12-19-24)25-20-13-8-14-21-25;;;;/h6-14,16-21H,2-5,15,22H2,1H3;1H;;;/q+1;;;;/p-1. The van der Waals surface area contributed by atoms with Gasteiger partial charge in [-0.2, -0.15) is 0 Å². The van der Waals surface area contributed by atoms with Gasteiger partial charge in [0.25, 0.3) is 0 Å². The Balaban J connectivity index is 0.00000106. The average molecular weight is 574 g/mol. The molecule has 0 saturated heterocycles. The predicted octanol–water partition coefficient (Wildman–Crippen LogP) is 2.71. The van der Waals surface area contributed by atoms with E-state index in [1.807, 2.05) is 0 Å². The van der Waals surface area contributed by atoms with Crippen molar-refractivity contribution < 1.29 is 41.2 Å². The van der Waals surface area contributed by atoms with Gasteiger partial charge >= 0.3 is 24.2 Å². The molecule has 3 rings (SSSR count). The van der Waals surface area contributed by atoms with Crippen LogP contribution in [-0.4, -0.2) is 6.16 Å². The number of rotatable bonds is 9. The van der Waals surface area contributed by atoms with Crippen molar-refractivity contribution in [3.05, 3.63) is 91.0 Å². The van der Waals surface area contributed by atoms with Gasteiger partial charge in [-0.25, -0.2) is 0 Å². The minimum atomic E-state index is -1.79. The fourth-order valence-electron chi connectivity index (χ4n) is 3.83. The van der Waals surface area contributed by atoms with Crippen LogP contribution in [0.5, 0.6) is 0 Å². The number of unbranched alkanes of at least 4 members (excludes halogenated alkanes) is 4. The van der Waals surface area contributed by atoms with E-state index in [4.69, 9.17) is 7.15 Å². The molecule has 0 amide bonds. The van der Waals surface area contributed by atoms with E-state index in [0.29, 0.717) is 0 Å². The van der Waals surface area contributed by atoms with Crippen LogP contribution in [0.2, 0.25) is 0 Å². The second kappa shape index (κ2) is 15.6. The molecular formula is C25H30BrO2PRu. The number of benzene rings is 3. The van der Waals surface area contributed by atoms with E-state index in [-0.39, 0.29) is 17.0 Å². The van der Waals surface area contributed by atoms with Gasteiger partial charge in [-0.15, -0.1) is 0 Å². The Bertz CT molecular complexity index is 757. The van der Waals surface area contributed by atoms with Crippen LogP contribution >= 0.6 is 7.26 Å². The fraction of sp³-hybridized carbons (Fsp3) is 0.280. The summed E-state index contributed by atoms with van der Waals surface area (Å²) in [6.45, 7) is 2.29. The summed E-state index contributed by atoms with van der Waals surface area (Å²) in [4.78, 5) is 0. The van der Waals surface area contributed by atoms with E-state index >= 15 is 0 Å². The average Bonchev–Trinajstić information content (AvgIpc) is 2.79. The number of hydrogen-bond donors (Lipinski definition) is 0. The minimum absolute atomic E-state index is 0. The van der Waals surface area contributed by atoms with Crippen molar-refractivity contribution >= 4 is 23.2 Å². The molecule has 0 aliphatic heterocycles. The van der Waals surface area contributed by atoms with Gasteiger partial charge in [0.2, 0.25) is 0 Å². The number of halogens is 1. The summed E-state index contributed by atoms with van der Waals surface area (Å²) in [5.41, 5.74) is 0. The van der Waals surface area contributed by atoms with Crippen LogP contribution in [-0.2, 0) is 24.2 Å². The molecule has 5 heteroatoms. The maximum absolute atomic E-state index is 8.46. The van der Waals surface area contributed by atoms with E-state index in [9.17, 15) is 0 Å². The fourth-order valence-corrected chi connectivity index (χ4v) is 8.24. The van der Waals surface area contributed by atoms with Crippen molar-refractivity contribution in [3.63, 3.8) is 0 Å². The predicted molar refractivity (Wildman–Crippen MR) is 120 cm³/mol. The van der Waals surface area contributed by atoms with E-state index < -0.39 is 24.3 Å². The Morgan fingerprint density at radius 3 is 1.27 bits per heavy atom. The van der Waals surface area contributed by atoms with Crippen molar-refractivity contribution in [2.24, 2.45) is 0 Å². The zero-order valence-electron chi connectivity index (χ0n) is 17.4. The molecule has 30 heavy (non-hydrogen) atoms. The Morgan fingerprint density at radius 2 is 0.933 bits per heavy atom. The van der Waals surface area contributed by atoms with E-state index in [0.717, 1.165) is 0 Å². The van der Waals surface area contributed by atoms with Gasteiger partial charge in [-0.3, -0.25) is 0 Å². The van der Waals surface area contributed by atoms with Crippen molar-refractivity contribution in [1.29, 1.82) is 0 Å². The molecular weight excluding hydrogens is 544 g/mol. The third kappa shape index (κ3) is 7.49. The van der Waals surface area contributed by atoms with Gasteiger partial charge in [-0.05, 0) is 49.2 Å². The van der Waals surface area contributed by atoms with Gasteiger partial charge in [-0.1, -0.05) is 80.8 Å². The second-order valence-corrected chi connectivity index (χ2v) is 10.9. The Morgan fingerprint density at radius 1 is 0.600 bits per heavy atom. The van der Waals surface area contributed by atoms with Crippen molar-refractivity contribution in [3.8, 4) is 0 Å². The molecule has 0 aromatic heterocycles. The molecule has 0 unspecified atom stereocenters. The molecule has 0 saturated carbocycles. The quantitative estimate of drug-likeness (QED) is 0.224. The summed E-state index contributed by atoms with van der Waals surface area (Å²) in [6, 6.07) is 33.7. The molecule has 0 fully saturated rings. The van der Waals surface area contributed by atoms with Crippen LogP contribution in [0.1, 0.15) is 39.0 Å². The summed E-state index contributed by atoms with van der Waals surface area (Å²) in [5, 5.41) is 4.52. The Kier molecular flexibility index (Phi) is 13.9. The van der Waals surface area contributed by atoms with Crippen LogP contribution < -0.4 is 32.9 Å². The zero-order valence-corrected chi connectivity index (χ0v) is 21.6. The SMILES string of the molecule is CCCCCCC[P+](c1ccccc1)(c1ccccc1)c1ccccc1.[Br-].[O]=[Ru]=[O]. The molecule has 2 nitrogen and oxygen atoms in total. The van der Waals surface area contributed by atoms with Crippen molar-refractivity contribution in [2.75, 3.05) is 6.16 Å². The van der Waals surface area contributed by atoms with Crippen molar-refractivity contribution in [2.45, 2.75) is 39.0 Å². The van der Waals surface area contributed by atoms with E-state index in [1.165, 1.54) is 54.2 Å². The molecule has 0 aliphatic carbocycles. The zero-order chi connectivity index (χ0) is 20.8. The molecule has 162 valence electrons. The van der Waals surface area contributed by atoms with Crippen LogP contribution in [0.3, 0.4) is 0 Å². The molecule has 0 spiro atoms. The first-order valence-electron chi connectivity index (χ1n) is 10.2. The molecule has 0 N–H and O–H groups in total. The second-order valence-electron chi connectivity index (χ2n) is 7.01. The van der Waals surface area contributed by atoms with Crippen LogP contribution in [0.4, 0.5) is 0 Å². The molecule has 3 aromatic rings. The summed E-state index contributed by atoms with van der Waals surface area (Å²) >= 11 is -1.79. The first-order valence-corrected chi connectivity index (χ1v) is 13.6.